The quantitative estimate of drug-likeness (QED) is 0.468. The van der Waals surface area contributed by atoms with Crippen molar-refractivity contribution in [1.29, 1.82) is 0 Å². The van der Waals surface area contributed by atoms with Gasteiger partial charge in [0.15, 0.2) is 0 Å². The van der Waals surface area contributed by atoms with Gasteiger partial charge in [0.2, 0.25) is 0 Å². The molecule has 1 rings (SSSR count). The molecule has 0 saturated carbocycles. The topological polar surface area (TPSA) is 17.8 Å². The van der Waals surface area contributed by atoms with E-state index in [0.717, 1.165) is 12.6 Å². The standard InChI is InChI=1S/C7H11N2Si/c10-6-2-1-4-9-5-3-8-7-9/h3,5,7H,1-2,4,6H2. The third-order valence-corrected chi connectivity index (χ3v) is 1.76. The Morgan fingerprint density at radius 1 is 1.40 bits per heavy atom. The molecule has 0 bridgehead atoms. The highest BCUT2D eigenvalue weighted by atomic mass is 28.1. The summed E-state index contributed by atoms with van der Waals surface area (Å²) in [5.74, 6) is 0. The molecule has 1 aromatic heterocycles. The minimum absolute atomic E-state index is 1.09. The number of hydrogen-bond acceptors (Lipinski definition) is 1. The first-order chi connectivity index (χ1) is 4.93. The van der Waals surface area contributed by atoms with Gasteiger partial charge in [-0.2, -0.15) is 0 Å². The molecule has 53 valence electrons. The molecular formula is C7H11N2Si. The number of nitrogens with zero attached hydrogens (tertiary/aromatic N) is 2. The number of aryl methyl sites for hydroxylation is 1. The third-order valence-electron chi connectivity index (χ3n) is 1.40. The summed E-state index contributed by atoms with van der Waals surface area (Å²) in [6.07, 6.45) is 8.12. The van der Waals surface area contributed by atoms with Gasteiger partial charge in [-0.15, -0.1) is 0 Å². The molecule has 0 spiro atoms. The minimum Gasteiger partial charge on any atom is -0.337 e. The number of hydrogen-bond donors (Lipinski definition) is 0. The van der Waals surface area contributed by atoms with E-state index in [2.05, 4.69) is 19.8 Å². The molecule has 0 atom stereocenters. The third kappa shape index (κ3) is 2.35. The van der Waals surface area contributed by atoms with E-state index in [4.69, 9.17) is 0 Å². The van der Waals surface area contributed by atoms with Gasteiger partial charge in [-0.05, 0) is 6.42 Å². The Morgan fingerprint density at radius 3 is 2.90 bits per heavy atom. The van der Waals surface area contributed by atoms with E-state index in [0.29, 0.717) is 0 Å². The summed E-state index contributed by atoms with van der Waals surface area (Å²) >= 11 is 0. The molecule has 1 aromatic rings. The van der Waals surface area contributed by atoms with E-state index in [1.807, 2.05) is 18.7 Å². The molecule has 2 nitrogen and oxygen atoms in total. The van der Waals surface area contributed by atoms with Crippen LogP contribution in [0.2, 0.25) is 6.04 Å². The van der Waals surface area contributed by atoms with E-state index < -0.39 is 0 Å². The monoisotopic (exact) mass is 151 g/mol. The largest absolute Gasteiger partial charge is 0.337 e. The second-order valence-electron chi connectivity index (χ2n) is 2.26. The highest BCUT2D eigenvalue weighted by Gasteiger charge is 1.87. The zero-order valence-corrected chi connectivity index (χ0v) is 6.95. The molecule has 0 unspecified atom stereocenters. The van der Waals surface area contributed by atoms with Gasteiger partial charge in [0, 0.05) is 29.2 Å². The zero-order chi connectivity index (χ0) is 7.23. The second kappa shape index (κ2) is 4.28. The van der Waals surface area contributed by atoms with Gasteiger partial charge in [0.1, 0.15) is 0 Å². The number of aromatic nitrogens is 2. The van der Waals surface area contributed by atoms with Crippen LogP contribution < -0.4 is 0 Å². The van der Waals surface area contributed by atoms with Gasteiger partial charge >= 0.3 is 0 Å². The van der Waals surface area contributed by atoms with Crippen molar-refractivity contribution >= 4 is 10.2 Å². The van der Waals surface area contributed by atoms with Crippen molar-refractivity contribution < 1.29 is 0 Å². The van der Waals surface area contributed by atoms with Gasteiger partial charge in [0.25, 0.3) is 0 Å². The molecule has 1 heterocycles. The van der Waals surface area contributed by atoms with E-state index in [9.17, 15) is 0 Å². The summed E-state index contributed by atoms with van der Waals surface area (Å²) in [6, 6.07) is 1.09. The molecule has 0 aliphatic carbocycles. The Hall–Kier alpha value is -0.573. The summed E-state index contributed by atoms with van der Waals surface area (Å²) in [4.78, 5) is 3.95. The lowest BCUT2D eigenvalue weighted by Crippen LogP contribution is -1.93. The SMILES string of the molecule is [Si]CCCCn1ccnc1. The molecule has 0 aliphatic rings. The summed E-state index contributed by atoms with van der Waals surface area (Å²) in [7, 11) is 3.43. The van der Waals surface area contributed by atoms with Crippen molar-refractivity contribution in [3.05, 3.63) is 18.7 Å². The van der Waals surface area contributed by atoms with Crippen LogP contribution in [-0.2, 0) is 6.54 Å². The summed E-state index contributed by atoms with van der Waals surface area (Å²) in [5, 5.41) is 0. The minimum atomic E-state index is 1.09. The summed E-state index contributed by atoms with van der Waals surface area (Å²) in [5.41, 5.74) is 0. The van der Waals surface area contributed by atoms with Crippen LogP contribution in [0.25, 0.3) is 0 Å². The molecule has 3 radical (unpaired) electrons. The lowest BCUT2D eigenvalue weighted by atomic mass is 10.3. The van der Waals surface area contributed by atoms with Gasteiger partial charge in [-0.1, -0.05) is 12.5 Å². The van der Waals surface area contributed by atoms with Crippen molar-refractivity contribution in [2.24, 2.45) is 0 Å². The van der Waals surface area contributed by atoms with Crippen LogP contribution in [0.15, 0.2) is 18.7 Å². The maximum absolute atomic E-state index is 3.95. The maximum Gasteiger partial charge on any atom is 0.0945 e. The van der Waals surface area contributed by atoms with Gasteiger partial charge < -0.3 is 4.57 Å². The van der Waals surface area contributed by atoms with Crippen LogP contribution in [0, 0.1) is 0 Å². The van der Waals surface area contributed by atoms with E-state index in [1.165, 1.54) is 12.8 Å². The average molecular weight is 151 g/mol. The highest BCUT2D eigenvalue weighted by Crippen LogP contribution is 1.96. The lowest BCUT2D eigenvalue weighted by molar-refractivity contribution is 0.631. The lowest BCUT2D eigenvalue weighted by Gasteiger charge is -1.98. The summed E-state index contributed by atoms with van der Waals surface area (Å²) in [6.45, 7) is 1.09. The van der Waals surface area contributed by atoms with E-state index in [1.54, 1.807) is 0 Å². The normalized spacial score (nSPS) is 10.1. The predicted octanol–water partition coefficient (Wildman–Crippen LogP) is 1.25. The Balaban J connectivity index is 2.15. The molecule has 3 heteroatoms. The molecule has 0 amide bonds. The molecule has 0 N–H and O–H groups in total. The Bertz CT molecular complexity index is 160. The van der Waals surface area contributed by atoms with Crippen LogP contribution in [0.4, 0.5) is 0 Å². The van der Waals surface area contributed by atoms with Crippen LogP contribution in [0.3, 0.4) is 0 Å². The molecular weight excluding hydrogens is 140 g/mol. The van der Waals surface area contributed by atoms with Crippen molar-refractivity contribution in [3.8, 4) is 0 Å². The molecule has 0 fully saturated rings. The fraction of sp³-hybridized carbons (Fsp3) is 0.571. The van der Waals surface area contributed by atoms with Crippen molar-refractivity contribution in [2.45, 2.75) is 25.4 Å². The van der Waals surface area contributed by atoms with Gasteiger partial charge in [-0.25, -0.2) is 4.98 Å². The molecule has 0 saturated heterocycles. The number of imidazole rings is 1. The van der Waals surface area contributed by atoms with E-state index in [-0.39, 0.29) is 0 Å². The molecule has 0 aliphatic heterocycles. The van der Waals surface area contributed by atoms with Crippen LogP contribution in [0.1, 0.15) is 12.8 Å². The van der Waals surface area contributed by atoms with Gasteiger partial charge in [0.05, 0.1) is 6.33 Å². The van der Waals surface area contributed by atoms with Crippen molar-refractivity contribution in [2.75, 3.05) is 0 Å². The van der Waals surface area contributed by atoms with Crippen LogP contribution in [0.5, 0.6) is 0 Å². The van der Waals surface area contributed by atoms with Crippen molar-refractivity contribution in [3.63, 3.8) is 0 Å². The smallest absolute Gasteiger partial charge is 0.0945 e. The molecule has 10 heavy (non-hydrogen) atoms. The summed E-state index contributed by atoms with van der Waals surface area (Å²) < 4.78 is 2.10. The number of unbranched alkanes of at least 4 members (excludes halogenated alkanes) is 1. The number of rotatable bonds is 4. The maximum atomic E-state index is 3.95. The first-order valence-corrected chi connectivity index (χ1v) is 4.24. The fourth-order valence-corrected chi connectivity index (χ4v) is 1.09. The first kappa shape index (κ1) is 7.53. The highest BCUT2D eigenvalue weighted by molar-refractivity contribution is 6.08. The average Bonchev–Trinajstić information content (AvgIpc) is 2.41. The predicted molar refractivity (Wildman–Crippen MR) is 42.0 cm³/mol. The van der Waals surface area contributed by atoms with Crippen LogP contribution in [-0.4, -0.2) is 19.8 Å². The molecule has 0 aromatic carbocycles. The fourth-order valence-electron chi connectivity index (χ4n) is 0.838. The zero-order valence-electron chi connectivity index (χ0n) is 5.95. The Morgan fingerprint density at radius 2 is 2.30 bits per heavy atom. The van der Waals surface area contributed by atoms with Crippen LogP contribution >= 0.6 is 0 Å². The van der Waals surface area contributed by atoms with E-state index >= 15 is 0 Å². The Kier molecular flexibility index (Phi) is 3.22. The van der Waals surface area contributed by atoms with Gasteiger partial charge in [-0.3, -0.25) is 0 Å². The second-order valence-corrected chi connectivity index (χ2v) is 2.76. The first-order valence-electron chi connectivity index (χ1n) is 3.54. The Labute approximate surface area is 64.7 Å². The van der Waals surface area contributed by atoms with Crippen molar-refractivity contribution in [1.82, 2.24) is 9.55 Å².